The second-order valence-corrected chi connectivity index (χ2v) is 7.41. The van der Waals surface area contributed by atoms with Crippen molar-refractivity contribution >= 4 is 44.7 Å². The minimum absolute atomic E-state index is 0.126. The van der Waals surface area contributed by atoms with Crippen molar-refractivity contribution in [2.45, 2.75) is 0 Å². The molecule has 0 spiro atoms. The van der Waals surface area contributed by atoms with Crippen LogP contribution in [-0.4, -0.2) is 0 Å². The van der Waals surface area contributed by atoms with Crippen molar-refractivity contribution in [3.05, 3.63) is 94.8 Å². The fourth-order valence-corrected chi connectivity index (χ4v) is 3.73. The summed E-state index contributed by atoms with van der Waals surface area (Å²) in [4.78, 5) is 0. The summed E-state index contributed by atoms with van der Waals surface area (Å²) in [5, 5.41) is 21.1. The summed E-state index contributed by atoms with van der Waals surface area (Å²) in [5.41, 5.74) is -0.319. The Morgan fingerprint density at radius 3 is 1.88 bits per heavy atom. The molecule has 0 fully saturated rings. The van der Waals surface area contributed by atoms with Crippen LogP contribution >= 0.6 is 11.6 Å². The van der Waals surface area contributed by atoms with Crippen LogP contribution < -0.4 is 4.74 Å². The fourth-order valence-electron chi connectivity index (χ4n) is 3.56. The van der Waals surface area contributed by atoms with Crippen molar-refractivity contribution in [3.8, 4) is 23.6 Å². The quantitative estimate of drug-likeness (QED) is 0.272. The van der Waals surface area contributed by atoms with Crippen LogP contribution in [0.2, 0.25) is 5.02 Å². The minimum atomic E-state index is -1.05. The molecule has 5 aromatic rings. The van der Waals surface area contributed by atoms with Gasteiger partial charge in [0.1, 0.15) is 40.2 Å². The lowest BCUT2D eigenvalue weighted by Gasteiger charge is -2.12. The zero-order valence-electron chi connectivity index (χ0n) is 16.8. The van der Waals surface area contributed by atoms with E-state index in [0.29, 0.717) is 21.9 Å². The van der Waals surface area contributed by atoms with E-state index >= 15 is 4.39 Å². The number of nitriles is 2. The van der Waals surface area contributed by atoms with E-state index in [4.69, 9.17) is 25.2 Å². The highest BCUT2D eigenvalue weighted by Gasteiger charge is 2.26. The number of ether oxygens (including phenoxy) is 1. The van der Waals surface area contributed by atoms with Gasteiger partial charge in [0.15, 0.2) is 11.4 Å². The predicted octanol–water partition coefficient (Wildman–Crippen LogP) is 7.78. The van der Waals surface area contributed by atoms with Crippen molar-refractivity contribution in [1.29, 1.82) is 10.5 Å². The number of para-hydroxylation sites is 3. The SMILES string of the molecule is N#Cc1c(F)c(Oc2ccccc2Cl)c2oc3ccccc3c3ccccc3oc2c1C#N. The fraction of sp³-hybridized carbons (Fsp3) is 0. The molecule has 0 atom stereocenters. The van der Waals surface area contributed by atoms with Crippen molar-refractivity contribution in [3.63, 3.8) is 0 Å². The molecule has 1 aromatic heterocycles. The maximum absolute atomic E-state index is 15.6. The molecule has 0 saturated carbocycles. The average Bonchev–Trinajstić information content (AvgIpc) is 2.83. The van der Waals surface area contributed by atoms with Gasteiger partial charge in [-0.15, -0.1) is 0 Å². The Balaban J connectivity index is 2.04. The van der Waals surface area contributed by atoms with Gasteiger partial charge in [0.25, 0.3) is 0 Å². The van der Waals surface area contributed by atoms with Gasteiger partial charge in [0, 0.05) is 10.8 Å². The van der Waals surface area contributed by atoms with E-state index in [2.05, 4.69) is 0 Å². The highest BCUT2D eigenvalue weighted by Crippen LogP contribution is 2.40. The molecule has 0 bridgehead atoms. The van der Waals surface area contributed by atoms with E-state index in [-0.39, 0.29) is 27.5 Å². The van der Waals surface area contributed by atoms with Crippen LogP contribution in [0.25, 0.3) is 33.1 Å². The molecule has 5 nitrogen and oxygen atoms in total. The number of benzene rings is 4. The Morgan fingerprint density at radius 2 is 1.27 bits per heavy atom. The van der Waals surface area contributed by atoms with Gasteiger partial charge in [-0.1, -0.05) is 60.1 Å². The molecule has 0 aliphatic heterocycles. The largest absolute Gasteiger partial charge is 0.451 e. The first-order valence-electron chi connectivity index (χ1n) is 9.78. The van der Waals surface area contributed by atoms with Gasteiger partial charge in [0.05, 0.1) is 5.02 Å². The molecule has 7 heteroatoms. The number of hydrogen-bond acceptors (Lipinski definition) is 5. The standard InChI is InChI=1S/C26H12ClFN2O3/c27-19-9-3-6-12-22(19)33-25-23(28)17(13-29)18(14-30)24-26(25)32-21-11-5-2-8-16(21)15-7-1-4-10-20(15)31-24/h1-12H. The zero-order chi connectivity index (χ0) is 22.9. The number of rotatable bonds is 2. The molecule has 0 saturated heterocycles. The average molecular weight is 455 g/mol. The first-order valence-corrected chi connectivity index (χ1v) is 10.2. The van der Waals surface area contributed by atoms with Gasteiger partial charge in [-0.25, -0.2) is 4.39 Å². The first-order chi connectivity index (χ1) is 16.1. The molecular weight excluding hydrogens is 443 g/mol. The zero-order valence-corrected chi connectivity index (χ0v) is 17.6. The highest BCUT2D eigenvalue weighted by atomic mass is 35.5. The van der Waals surface area contributed by atoms with Gasteiger partial charge >= 0.3 is 0 Å². The van der Waals surface area contributed by atoms with E-state index in [9.17, 15) is 10.5 Å². The summed E-state index contributed by atoms with van der Waals surface area (Å²) < 4.78 is 33.6. The lowest BCUT2D eigenvalue weighted by atomic mass is 10.1. The maximum atomic E-state index is 15.6. The van der Waals surface area contributed by atoms with Crippen LogP contribution in [0.4, 0.5) is 4.39 Å². The molecule has 0 radical (unpaired) electrons. The first kappa shape index (κ1) is 20.4. The molecular formula is C26H12ClFN2O3. The molecule has 0 amide bonds. The lowest BCUT2D eigenvalue weighted by Crippen LogP contribution is -1.98. The van der Waals surface area contributed by atoms with Crippen molar-refractivity contribution in [1.82, 2.24) is 0 Å². The molecule has 0 aliphatic rings. The summed E-state index contributed by atoms with van der Waals surface area (Å²) in [6, 6.07) is 24.4. The Hall–Kier alpha value is -4.52. The van der Waals surface area contributed by atoms with Crippen LogP contribution in [-0.2, 0) is 0 Å². The molecule has 158 valence electrons. The number of halogens is 2. The maximum Gasteiger partial charge on any atom is 0.216 e. The minimum Gasteiger partial charge on any atom is -0.451 e. The van der Waals surface area contributed by atoms with Gasteiger partial charge in [-0.05, 0) is 24.3 Å². The van der Waals surface area contributed by atoms with Crippen molar-refractivity contribution in [2.75, 3.05) is 0 Å². The van der Waals surface area contributed by atoms with Gasteiger partial charge in [-0.2, -0.15) is 10.5 Å². The van der Waals surface area contributed by atoms with Crippen LogP contribution in [0, 0.1) is 28.5 Å². The summed E-state index contributed by atoms with van der Waals surface area (Å²) in [5.74, 6) is -1.32. The lowest BCUT2D eigenvalue weighted by molar-refractivity contribution is 0.434. The third-order valence-electron chi connectivity index (χ3n) is 5.07. The molecule has 0 N–H and O–H groups in total. The Labute approximate surface area is 191 Å². The molecule has 5 rings (SSSR count). The molecule has 0 aliphatic carbocycles. The number of fused-ring (bicyclic) bond motifs is 4. The molecule has 1 heterocycles. The van der Waals surface area contributed by atoms with Crippen LogP contribution in [0.5, 0.6) is 11.5 Å². The van der Waals surface area contributed by atoms with Gasteiger partial charge in [-0.3, -0.25) is 0 Å². The summed E-state index contributed by atoms with van der Waals surface area (Å²) in [6.07, 6.45) is 0. The number of nitrogens with zero attached hydrogens (tertiary/aromatic N) is 2. The molecule has 0 unspecified atom stereocenters. The third-order valence-corrected chi connectivity index (χ3v) is 5.38. The number of hydrogen-bond donors (Lipinski definition) is 0. The smallest absolute Gasteiger partial charge is 0.216 e. The Kier molecular flexibility index (Phi) is 5.06. The van der Waals surface area contributed by atoms with Gasteiger partial charge < -0.3 is 13.6 Å². The normalized spacial score (nSPS) is 10.7. The van der Waals surface area contributed by atoms with E-state index in [0.717, 1.165) is 0 Å². The van der Waals surface area contributed by atoms with Crippen molar-refractivity contribution < 1.29 is 18.0 Å². The summed E-state index contributed by atoms with van der Waals surface area (Å²) in [7, 11) is 0. The highest BCUT2D eigenvalue weighted by molar-refractivity contribution is 6.32. The van der Waals surface area contributed by atoms with Gasteiger partial charge in [0.2, 0.25) is 11.3 Å². The Bertz CT molecular complexity index is 1700. The Morgan fingerprint density at radius 1 is 0.727 bits per heavy atom. The van der Waals surface area contributed by atoms with E-state index < -0.39 is 17.1 Å². The topological polar surface area (TPSA) is 83.1 Å². The molecule has 4 aromatic carbocycles. The summed E-state index contributed by atoms with van der Waals surface area (Å²) in [6.45, 7) is 0. The van der Waals surface area contributed by atoms with E-state index in [1.54, 1.807) is 54.6 Å². The van der Waals surface area contributed by atoms with E-state index in [1.165, 1.54) is 0 Å². The third kappa shape index (κ3) is 3.40. The van der Waals surface area contributed by atoms with Crippen LogP contribution in [0.1, 0.15) is 11.1 Å². The summed E-state index contributed by atoms with van der Waals surface area (Å²) >= 11 is 6.21. The van der Waals surface area contributed by atoms with Crippen molar-refractivity contribution in [2.24, 2.45) is 0 Å². The van der Waals surface area contributed by atoms with Crippen LogP contribution in [0.3, 0.4) is 0 Å². The molecule has 33 heavy (non-hydrogen) atoms. The monoisotopic (exact) mass is 454 g/mol. The second-order valence-electron chi connectivity index (χ2n) is 7.00. The predicted molar refractivity (Wildman–Crippen MR) is 122 cm³/mol. The van der Waals surface area contributed by atoms with E-state index in [1.807, 2.05) is 30.3 Å². The second kappa shape index (κ2) is 8.20. The van der Waals surface area contributed by atoms with Crippen LogP contribution in [0.15, 0.2) is 81.6 Å².